The number of fused-ring (bicyclic) bond motifs is 1. The minimum atomic E-state index is -0.159. The van der Waals surface area contributed by atoms with E-state index in [1.807, 2.05) is 24.3 Å². The Balaban J connectivity index is 1.95. The SMILES string of the molecule is Cn1c(=O)cc(NC2CCC(O)CC2)c2ccccc21. The summed E-state index contributed by atoms with van der Waals surface area (Å²) in [5.74, 6) is 0. The molecule has 0 spiro atoms. The van der Waals surface area contributed by atoms with Gasteiger partial charge in [0, 0.05) is 30.2 Å². The summed E-state index contributed by atoms with van der Waals surface area (Å²) < 4.78 is 1.67. The summed E-state index contributed by atoms with van der Waals surface area (Å²) in [6.07, 6.45) is 3.41. The Labute approximate surface area is 118 Å². The van der Waals surface area contributed by atoms with Crippen LogP contribution in [0.4, 0.5) is 5.69 Å². The summed E-state index contributed by atoms with van der Waals surface area (Å²) in [7, 11) is 1.80. The smallest absolute Gasteiger partial charge is 0.252 e. The molecule has 2 aromatic rings. The van der Waals surface area contributed by atoms with Crippen molar-refractivity contribution in [1.82, 2.24) is 4.57 Å². The Morgan fingerprint density at radius 3 is 2.65 bits per heavy atom. The number of hydrogen-bond donors (Lipinski definition) is 2. The Morgan fingerprint density at radius 2 is 1.90 bits per heavy atom. The van der Waals surface area contributed by atoms with Crippen LogP contribution in [-0.2, 0) is 7.05 Å². The lowest BCUT2D eigenvalue weighted by atomic mass is 9.93. The van der Waals surface area contributed by atoms with Gasteiger partial charge in [0.2, 0.25) is 0 Å². The number of pyridine rings is 1. The monoisotopic (exact) mass is 272 g/mol. The van der Waals surface area contributed by atoms with Crippen molar-refractivity contribution >= 4 is 16.6 Å². The molecule has 1 aliphatic carbocycles. The molecule has 1 aliphatic rings. The van der Waals surface area contributed by atoms with Crippen LogP contribution in [0.5, 0.6) is 0 Å². The van der Waals surface area contributed by atoms with Crippen molar-refractivity contribution < 1.29 is 5.11 Å². The highest BCUT2D eigenvalue weighted by atomic mass is 16.3. The molecule has 0 amide bonds. The molecule has 4 heteroatoms. The molecule has 0 radical (unpaired) electrons. The molecule has 0 bridgehead atoms. The van der Waals surface area contributed by atoms with Crippen LogP contribution in [0, 0.1) is 0 Å². The third kappa shape index (κ3) is 2.43. The number of aromatic nitrogens is 1. The Bertz CT molecular complexity index is 670. The first-order valence-electron chi connectivity index (χ1n) is 7.18. The van der Waals surface area contributed by atoms with Crippen LogP contribution < -0.4 is 10.9 Å². The number of aryl methyl sites for hydroxylation is 1. The zero-order valence-corrected chi connectivity index (χ0v) is 11.7. The minimum Gasteiger partial charge on any atom is -0.393 e. The zero-order chi connectivity index (χ0) is 14.1. The number of nitrogens with one attached hydrogen (secondary N) is 1. The van der Waals surface area contributed by atoms with Crippen molar-refractivity contribution in [3.05, 3.63) is 40.7 Å². The van der Waals surface area contributed by atoms with E-state index in [1.54, 1.807) is 17.7 Å². The van der Waals surface area contributed by atoms with Gasteiger partial charge in [-0.1, -0.05) is 18.2 Å². The first-order valence-corrected chi connectivity index (χ1v) is 7.18. The Hall–Kier alpha value is -1.81. The molecule has 1 saturated carbocycles. The van der Waals surface area contributed by atoms with Gasteiger partial charge in [-0.25, -0.2) is 0 Å². The molecule has 1 fully saturated rings. The van der Waals surface area contributed by atoms with E-state index in [-0.39, 0.29) is 11.7 Å². The average Bonchev–Trinajstić information content (AvgIpc) is 2.47. The van der Waals surface area contributed by atoms with Gasteiger partial charge in [-0.15, -0.1) is 0 Å². The summed E-state index contributed by atoms with van der Waals surface area (Å²) in [6.45, 7) is 0. The lowest BCUT2D eigenvalue weighted by Gasteiger charge is -2.27. The van der Waals surface area contributed by atoms with Gasteiger partial charge < -0.3 is 15.0 Å². The molecule has 1 heterocycles. The molecule has 1 aromatic heterocycles. The maximum atomic E-state index is 12.0. The fourth-order valence-corrected chi connectivity index (χ4v) is 2.97. The van der Waals surface area contributed by atoms with Gasteiger partial charge in [-0.05, 0) is 31.7 Å². The normalized spacial score (nSPS) is 22.9. The van der Waals surface area contributed by atoms with Gasteiger partial charge in [0.05, 0.1) is 11.6 Å². The lowest BCUT2D eigenvalue weighted by Crippen LogP contribution is -2.29. The van der Waals surface area contributed by atoms with Crippen LogP contribution in [0.15, 0.2) is 35.1 Å². The number of hydrogen-bond acceptors (Lipinski definition) is 3. The number of nitrogens with zero attached hydrogens (tertiary/aromatic N) is 1. The maximum Gasteiger partial charge on any atom is 0.252 e. The molecule has 0 unspecified atom stereocenters. The van der Waals surface area contributed by atoms with Crippen molar-refractivity contribution in [1.29, 1.82) is 0 Å². The van der Waals surface area contributed by atoms with Crippen LogP contribution >= 0.6 is 0 Å². The predicted molar refractivity (Wildman–Crippen MR) is 81.1 cm³/mol. The average molecular weight is 272 g/mol. The van der Waals surface area contributed by atoms with E-state index >= 15 is 0 Å². The molecule has 20 heavy (non-hydrogen) atoms. The van der Waals surface area contributed by atoms with Crippen molar-refractivity contribution in [3.8, 4) is 0 Å². The van der Waals surface area contributed by atoms with Crippen LogP contribution in [0.3, 0.4) is 0 Å². The van der Waals surface area contributed by atoms with E-state index in [4.69, 9.17) is 0 Å². The summed E-state index contributed by atoms with van der Waals surface area (Å²) in [6, 6.07) is 9.95. The van der Waals surface area contributed by atoms with E-state index in [9.17, 15) is 9.90 Å². The fourth-order valence-electron chi connectivity index (χ4n) is 2.97. The van der Waals surface area contributed by atoms with Crippen LogP contribution in [-0.4, -0.2) is 21.8 Å². The third-order valence-corrected chi connectivity index (χ3v) is 4.21. The highest BCUT2D eigenvalue weighted by Crippen LogP contribution is 2.26. The standard InChI is InChI=1S/C16H20N2O2/c1-18-15-5-3-2-4-13(15)14(10-16(18)20)17-11-6-8-12(19)9-7-11/h2-5,10-12,17,19H,6-9H2,1H3. The van der Waals surface area contributed by atoms with Gasteiger partial charge in [0.25, 0.3) is 5.56 Å². The zero-order valence-electron chi connectivity index (χ0n) is 11.7. The van der Waals surface area contributed by atoms with Gasteiger partial charge in [0.1, 0.15) is 0 Å². The van der Waals surface area contributed by atoms with Gasteiger partial charge in [0.15, 0.2) is 0 Å². The first kappa shape index (κ1) is 13.2. The number of rotatable bonds is 2. The van der Waals surface area contributed by atoms with Crippen molar-refractivity contribution in [3.63, 3.8) is 0 Å². The Kier molecular flexibility index (Phi) is 3.49. The van der Waals surface area contributed by atoms with Crippen molar-refractivity contribution in [2.45, 2.75) is 37.8 Å². The minimum absolute atomic E-state index is 0.00189. The van der Waals surface area contributed by atoms with E-state index in [2.05, 4.69) is 5.32 Å². The quantitative estimate of drug-likeness (QED) is 0.881. The van der Waals surface area contributed by atoms with Crippen molar-refractivity contribution in [2.24, 2.45) is 7.05 Å². The van der Waals surface area contributed by atoms with Gasteiger partial charge in [-0.3, -0.25) is 4.79 Å². The number of anilines is 1. The summed E-state index contributed by atoms with van der Waals surface area (Å²) >= 11 is 0. The summed E-state index contributed by atoms with van der Waals surface area (Å²) in [4.78, 5) is 12.0. The topological polar surface area (TPSA) is 54.3 Å². The highest BCUT2D eigenvalue weighted by Gasteiger charge is 2.20. The molecular weight excluding hydrogens is 252 g/mol. The molecule has 3 rings (SSSR count). The number of aliphatic hydroxyl groups is 1. The molecular formula is C16H20N2O2. The third-order valence-electron chi connectivity index (χ3n) is 4.21. The summed E-state index contributed by atoms with van der Waals surface area (Å²) in [5.41, 5.74) is 1.85. The second-order valence-corrected chi connectivity index (χ2v) is 5.62. The van der Waals surface area contributed by atoms with E-state index in [0.29, 0.717) is 6.04 Å². The maximum absolute atomic E-state index is 12.0. The number of para-hydroxylation sites is 1. The molecule has 2 N–H and O–H groups in total. The van der Waals surface area contributed by atoms with E-state index in [0.717, 1.165) is 42.3 Å². The van der Waals surface area contributed by atoms with Crippen molar-refractivity contribution in [2.75, 3.05) is 5.32 Å². The lowest BCUT2D eigenvalue weighted by molar-refractivity contribution is 0.126. The second kappa shape index (κ2) is 5.29. The highest BCUT2D eigenvalue weighted by molar-refractivity contribution is 5.91. The molecule has 1 aromatic carbocycles. The summed E-state index contributed by atoms with van der Waals surface area (Å²) in [5, 5.41) is 14.1. The molecule has 4 nitrogen and oxygen atoms in total. The molecule has 106 valence electrons. The first-order chi connectivity index (χ1) is 9.65. The Morgan fingerprint density at radius 1 is 1.20 bits per heavy atom. The van der Waals surface area contributed by atoms with E-state index < -0.39 is 0 Å². The van der Waals surface area contributed by atoms with Crippen LogP contribution in [0.25, 0.3) is 10.9 Å². The number of aliphatic hydroxyl groups excluding tert-OH is 1. The van der Waals surface area contributed by atoms with Gasteiger partial charge in [-0.2, -0.15) is 0 Å². The largest absolute Gasteiger partial charge is 0.393 e. The second-order valence-electron chi connectivity index (χ2n) is 5.62. The predicted octanol–water partition coefficient (Wildman–Crippen LogP) is 2.25. The molecule has 0 saturated heterocycles. The molecule has 0 atom stereocenters. The van der Waals surface area contributed by atoms with Gasteiger partial charge >= 0.3 is 0 Å². The van der Waals surface area contributed by atoms with E-state index in [1.165, 1.54) is 0 Å². The van der Waals surface area contributed by atoms with Crippen LogP contribution in [0.1, 0.15) is 25.7 Å². The fraction of sp³-hybridized carbons (Fsp3) is 0.438. The van der Waals surface area contributed by atoms with Crippen LogP contribution in [0.2, 0.25) is 0 Å². The molecule has 0 aliphatic heterocycles. The number of benzene rings is 1.